The number of hydrogen-bond donors (Lipinski definition) is 1. The molecule has 1 aromatic rings. The van der Waals surface area contributed by atoms with Crippen molar-refractivity contribution in [3.8, 4) is 0 Å². The van der Waals surface area contributed by atoms with Crippen molar-refractivity contribution in [2.24, 2.45) is 0 Å². The van der Waals surface area contributed by atoms with Crippen molar-refractivity contribution in [3.63, 3.8) is 0 Å². The lowest BCUT2D eigenvalue weighted by molar-refractivity contribution is -0.161. The Morgan fingerprint density at radius 3 is 2.46 bits per heavy atom. The molecule has 1 aliphatic rings. The van der Waals surface area contributed by atoms with E-state index in [4.69, 9.17) is 9.84 Å². The monoisotopic (exact) mass is 333 g/mol. The molecule has 5 nitrogen and oxygen atoms in total. The molecule has 5 heteroatoms. The van der Waals surface area contributed by atoms with Crippen LogP contribution < -0.4 is 0 Å². The number of benzene rings is 1. The molecule has 132 valence electrons. The molecule has 0 aromatic heterocycles. The smallest absolute Gasteiger partial charge is 0.323 e. The van der Waals surface area contributed by atoms with Gasteiger partial charge in [-0.15, -0.1) is 0 Å². The largest absolute Gasteiger partial charge is 0.481 e. The van der Waals surface area contributed by atoms with E-state index < -0.39 is 11.6 Å². The first-order valence-corrected chi connectivity index (χ1v) is 8.50. The molecule has 0 aliphatic carbocycles. The Balaban J connectivity index is 2.13. The second-order valence-corrected chi connectivity index (χ2v) is 7.37. The molecule has 1 aromatic carbocycles. The van der Waals surface area contributed by atoms with Crippen molar-refractivity contribution in [1.29, 1.82) is 0 Å². The second kappa shape index (κ2) is 7.79. The minimum absolute atomic E-state index is 0.0961. The quantitative estimate of drug-likeness (QED) is 0.810. The zero-order chi connectivity index (χ0) is 17.7. The molecule has 1 aliphatic heterocycles. The van der Waals surface area contributed by atoms with E-state index in [9.17, 15) is 9.59 Å². The maximum Gasteiger partial charge on any atom is 0.323 e. The Morgan fingerprint density at radius 2 is 1.88 bits per heavy atom. The molecule has 2 atom stereocenters. The van der Waals surface area contributed by atoms with Crippen molar-refractivity contribution < 1.29 is 19.4 Å². The highest BCUT2D eigenvalue weighted by atomic mass is 16.6. The minimum atomic E-state index is -0.796. The summed E-state index contributed by atoms with van der Waals surface area (Å²) in [5.41, 5.74) is 0.600. The number of rotatable bonds is 6. The number of carboxylic acid groups (broad SMARTS) is 1. The number of esters is 1. The summed E-state index contributed by atoms with van der Waals surface area (Å²) in [6.07, 6.45) is 2.22. The van der Waals surface area contributed by atoms with Gasteiger partial charge in [0.15, 0.2) is 0 Å². The first-order chi connectivity index (χ1) is 11.3. The number of nitrogens with zero attached hydrogens (tertiary/aromatic N) is 1. The molecule has 0 spiro atoms. The molecule has 0 bridgehead atoms. The lowest BCUT2D eigenvalue weighted by Crippen LogP contribution is -2.43. The summed E-state index contributed by atoms with van der Waals surface area (Å²) < 4.78 is 5.57. The third-order valence-corrected chi connectivity index (χ3v) is 4.22. The molecule has 24 heavy (non-hydrogen) atoms. The highest BCUT2D eigenvalue weighted by Gasteiger charge is 2.39. The second-order valence-electron chi connectivity index (χ2n) is 7.37. The summed E-state index contributed by atoms with van der Waals surface area (Å²) in [5.74, 6) is -1.01. The van der Waals surface area contributed by atoms with Gasteiger partial charge in [0.1, 0.15) is 11.6 Å². The molecule has 0 radical (unpaired) electrons. The number of likely N-dealkylation sites (tertiary alicyclic amines) is 1. The van der Waals surface area contributed by atoms with E-state index in [0.29, 0.717) is 19.4 Å². The Hall–Kier alpha value is -1.88. The third kappa shape index (κ3) is 5.34. The van der Waals surface area contributed by atoms with Gasteiger partial charge in [0, 0.05) is 19.0 Å². The van der Waals surface area contributed by atoms with Gasteiger partial charge in [0.2, 0.25) is 0 Å². The molecular formula is C19H27NO4. The number of carbonyl (C=O) groups excluding carboxylic acids is 1. The zero-order valence-corrected chi connectivity index (χ0v) is 14.7. The van der Waals surface area contributed by atoms with Crippen molar-refractivity contribution >= 4 is 11.9 Å². The van der Waals surface area contributed by atoms with Gasteiger partial charge in [-0.1, -0.05) is 30.3 Å². The van der Waals surface area contributed by atoms with Crippen molar-refractivity contribution in [2.45, 2.75) is 70.7 Å². The molecule has 1 heterocycles. The van der Waals surface area contributed by atoms with Crippen LogP contribution in [0.2, 0.25) is 0 Å². The lowest BCUT2D eigenvalue weighted by Gasteiger charge is -2.31. The minimum Gasteiger partial charge on any atom is -0.481 e. The SMILES string of the molecule is CC(C)(C)OC(=O)[C@@H]1CC[C@H](CCC(=O)O)N1Cc1ccccc1. The van der Waals surface area contributed by atoms with E-state index in [1.165, 1.54) is 0 Å². The first-order valence-electron chi connectivity index (χ1n) is 8.50. The van der Waals surface area contributed by atoms with Crippen LogP contribution >= 0.6 is 0 Å². The summed E-state index contributed by atoms with van der Waals surface area (Å²) >= 11 is 0. The van der Waals surface area contributed by atoms with Crippen LogP contribution in [0.3, 0.4) is 0 Å². The van der Waals surface area contributed by atoms with Crippen LogP contribution in [0.15, 0.2) is 30.3 Å². The Bertz CT molecular complexity index is 564. The summed E-state index contributed by atoms with van der Waals surface area (Å²) in [7, 11) is 0. The molecule has 0 saturated carbocycles. The number of hydrogen-bond acceptors (Lipinski definition) is 4. The van der Waals surface area contributed by atoms with E-state index >= 15 is 0 Å². The molecule has 1 saturated heterocycles. The zero-order valence-electron chi connectivity index (χ0n) is 14.7. The topological polar surface area (TPSA) is 66.8 Å². The van der Waals surface area contributed by atoms with E-state index in [2.05, 4.69) is 4.90 Å². The van der Waals surface area contributed by atoms with Crippen LogP contribution in [0.1, 0.15) is 52.0 Å². The molecule has 1 fully saturated rings. The van der Waals surface area contributed by atoms with Gasteiger partial charge in [-0.2, -0.15) is 0 Å². The van der Waals surface area contributed by atoms with Crippen LogP contribution in [0.4, 0.5) is 0 Å². The standard InChI is InChI=1S/C19H27NO4/c1-19(2,3)24-18(23)16-11-9-15(10-12-17(21)22)20(16)13-14-7-5-4-6-8-14/h4-8,15-16H,9-13H2,1-3H3,(H,21,22)/t15-,16+/m1/s1. The summed E-state index contributed by atoms with van der Waals surface area (Å²) in [5, 5.41) is 8.97. The number of ether oxygens (including phenoxy) is 1. The fraction of sp³-hybridized carbons (Fsp3) is 0.579. The van der Waals surface area contributed by atoms with Crippen molar-refractivity contribution in [2.75, 3.05) is 0 Å². The van der Waals surface area contributed by atoms with Gasteiger partial charge in [0.05, 0.1) is 0 Å². The van der Waals surface area contributed by atoms with Crippen LogP contribution in [-0.4, -0.2) is 39.6 Å². The van der Waals surface area contributed by atoms with Gasteiger partial charge >= 0.3 is 11.9 Å². The van der Waals surface area contributed by atoms with Crippen LogP contribution in [0.25, 0.3) is 0 Å². The average molecular weight is 333 g/mol. The summed E-state index contributed by atoms with van der Waals surface area (Å²) in [4.78, 5) is 25.6. The number of aliphatic carboxylic acids is 1. The molecule has 1 N–H and O–H groups in total. The first kappa shape index (κ1) is 18.5. The van der Waals surface area contributed by atoms with Gasteiger partial charge in [-0.25, -0.2) is 0 Å². The Labute approximate surface area is 143 Å². The highest BCUT2D eigenvalue weighted by Crippen LogP contribution is 2.30. The Kier molecular flexibility index (Phi) is 5.99. The maximum atomic E-state index is 12.6. The fourth-order valence-corrected chi connectivity index (χ4v) is 3.19. The van der Waals surface area contributed by atoms with E-state index in [-0.39, 0.29) is 24.5 Å². The summed E-state index contributed by atoms with van der Waals surface area (Å²) in [6.45, 7) is 6.23. The van der Waals surface area contributed by atoms with Gasteiger partial charge in [-0.3, -0.25) is 14.5 Å². The summed E-state index contributed by atoms with van der Waals surface area (Å²) in [6, 6.07) is 9.75. The van der Waals surface area contributed by atoms with Crippen LogP contribution in [0, 0.1) is 0 Å². The van der Waals surface area contributed by atoms with Gasteiger partial charge < -0.3 is 9.84 Å². The van der Waals surface area contributed by atoms with Crippen molar-refractivity contribution in [1.82, 2.24) is 4.90 Å². The third-order valence-electron chi connectivity index (χ3n) is 4.22. The van der Waals surface area contributed by atoms with Crippen LogP contribution in [0.5, 0.6) is 0 Å². The van der Waals surface area contributed by atoms with Crippen LogP contribution in [-0.2, 0) is 20.9 Å². The number of carboxylic acids is 1. The molecule has 0 unspecified atom stereocenters. The normalized spacial score (nSPS) is 21.6. The molecular weight excluding hydrogens is 306 g/mol. The van der Waals surface area contributed by atoms with E-state index in [0.717, 1.165) is 12.0 Å². The van der Waals surface area contributed by atoms with Crippen molar-refractivity contribution in [3.05, 3.63) is 35.9 Å². The fourth-order valence-electron chi connectivity index (χ4n) is 3.19. The number of carbonyl (C=O) groups is 2. The molecule has 0 amide bonds. The lowest BCUT2D eigenvalue weighted by atomic mass is 10.1. The maximum absolute atomic E-state index is 12.6. The Morgan fingerprint density at radius 1 is 1.21 bits per heavy atom. The van der Waals surface area contributed by atoms with E-state index in [1.54, 1.807) is 0 Å². The van der Waals surface area contributed by atoms with Gasteiger partial charge in [-0.05, 0) is 45.6 Å². The van der Waals surface area contributed by atoms with Gasteiger partial charge in [0.25, 0.3) is 0 Å². The highest BCUT2D eigenvalue weighted by molar-refractivity contribution is 5.76. The molecule has 2 rings (SSSR count). The predicted molar refractivity (Wildman–Crippen MR) is 91.5 cm³/mol. The predicted octanol–water partition coefficient (Wildman–Crippen LogP) is 3.23. The average Bonchev–Trinajstić information content (AvgIpc) is 2.87. The van der Waals surface area contributed by atoms with E-state index in [1.807, 2.05) is 51.1 Å².